The van der Waals surface area contributed by atoms with E-state index in [1.165, 1.54) is 28.8 Å². The van der Waals surface area contributed by atoms with E-state index in [0.29, 0.717) is 31.8 Å². The number of nitrogens with zero attached hydrogens (tertiary/aromatic N) is 2. The molecule has 0 radical (unpaired) electrons. The van der Waals surface area contributed by atoms with Gasteiger partial charge in [0.05, 0.1) is 11.2 Å². The molecule has 3 rings (SSSR count). The SMILES string of the molecule is O=C(/C=C/c1ccco1)N1CCCN(S(=O)(=O)c2ccc(F)cc2)CC1. The van der Waals surface area contributed by atoms with Gasteiger partial charge in [-0.2, -0.15) is 4.31 Å². The lowest BCUT2D eigenvalue weighted by Gasteiger charge is -2.21. The van der Waals surface area contributed by atoms with Crippen LogP contribution in [0.4, 0.5) is 4.39 Å². The van der Waals surface area contributed by atoms with Crippen LogP contribution in [0, 0.1) is 5.82 Å². The van der Waals surface area contributed by atoms with Gasteiger partial charge in [-0.25, -0.2) is 12.8 Å². The smallest absolute Gasteiger partial charge is 0.246 e. The zero-order valence-electron chi connectivity index (χ0n) is 14.0. The van der Waals surface area contributed by atoms with Crippen molar-refractivity contribution in [3.05, 3.63) is 60.3 Å². The third-order valence-electron chi connectivity index (χ3n) is 4.15. The van der Waals surface area contributed by atoms with Crippen molar-refractivity contribution in [3.63, 3.8) is 0 Å². The van der Waals surface area contributed by atoms with E-state index in [0.717, 1.165) is 12.1 Å². The second-order valence-corrected chi connectivity index (χ2v) is 7.82. The number of hydrogen-bond donors (Lipinski definition) is 0. The van der Waals surface area contributed by atoms with Crippen molar-refractivity contribution in [3.8, 4) is 0 Å². The van der Waals surface area contributed by atoms with Gasteiger partial charge in [-0.3, -0.25) is 4.79 Å². The molecule has 0 unspecified atom stereocenters. The first-order valence-electron chi connectivity index (χ1n) is 8.23. The summed E-state index contributed by atoms with van der Waals surface area (Å²) in [6, 6.07) is 8.23. The molecule has 1 aliphatic rings. The minimum atomic E-state index is -3.70. The quantitative estimate of drug-likeness (QED) is 0.766. The van der Waals surface area contributed by atoms with E-state index >= 15 is 0 Å². The zero-order chi connectivity index (χ0) is 18.6. The number of amides is 1. The standard InChI is InChI=1S/C18H19FN2O4S/c19-15-4-7-17(8-5-15)26(23,24)21-11-2-10-20(12-13-21)18(22)9-6-16-3-1-14-25-16/h1,3-9,14H,2,10-13H2/b9-6+. The second kappa shape index (κ2) is 7.84. The van der Waals surface area contributed by atoms with E-state index in [2.05, 4.69) is 0 Å². The van der Waals surface area contributed by atoms with Crippen molar-refractivity contribution in [2.45, 2.75) is 11.3 Å². The first-order valence-corrected chi connectivity index (χ1v) is 9.67. The van der Waals surface area contributed by atoms with Gasteiger partial charge in [0.1, 0.15) is 11.6 Å². The number of halogens is 1. The molecule has 1 saturated heterocycles. The molecule has 6 nitrogen and oxygen atoms in total. The Morgan fingerprint density at radius 2 is 1.85 bits per heavy atom. The third-order valence-corrected chi connectivity index (χ3v) is 6.06. The maximum absolute atomic E-state index is 13.0. The monoisotopic (exact) mass is 378 g/mol. The van der Waals surface area contributed by atoms with E-state index in [9.17, 15) is 17.6 Å². The highest BCUT2D eigenvalue weighted by Crippen LogP contribution is 2.18. The molecular weight excluding hydrogens is 359 g/mol. The van der Waals surface area contributed by atoms with E-state index < -0.39 is 15.8 Å². The van der Waals surface area contributed by atoms with Gasteiger partial charge in [0.25, 0.3) is 0 Å². The van der Waals surface area contributed by atoms with Crippen molar-refractivity contribution in [2.24, 2.45) is 0 Å². The Bertz CT molecular complexity index is 876. The summed E-state index contributed by atoms with van der Waals surface area (Å²) in [7, 11) is -3.70. The number of rotatable bonds is 4. The fourth-order valence-electron chi connectivity index (χ4n) is 2.76. The first kappa shape index (κ1) is 18.3. The van der Waals surface area contributed by atoms with Crippen LogP contribution in [-0.4, -0.2) is 49.7 Å². The van der Waals surface area contributed by atoms with Crippen LogP contribution in [0.15, 0.2) is 58.1 Å². The number of sulfonamides is 1. The molecule has 26 heavy (non-hydrogen) atoms. The topological polar surface area (TPSA) is 70.8 Å². The number of hydrogen-bond acceptors (Lipinski definition) is 4. The fraction of sp³-hybridized carbons (Fsp3) is 0.278. The molecule has 1 aromatic carbocycles. The van der Waals surface area contributed by atoms with Gasteiger partial charge in [0.15, 0.2) is 0 Å². The maximum atomic E-state index is 13.0. The van der Waals surface area contributed by atoms with Gasteiger partial charge >= 0.3 is 0 Å². The summed E-state index contributed by atoms with van der Waals surface area (Å²) in [4.78, 5) is 14.0. The largest absolute Gasteiger partial charge is 0.465 e. The first-order chi connectivity index (χ1) is 12.5. The molecule has 0 saturated carbocycles. The summed E-state index contributed by atoms with van der Waals surface area (Å²) < 4.78 is 44.9. The predicted molar refractivity (Wildman–Crippen MR) is 94.1 cm³/mol. The Morgan fingerprint density at radius 1 is 1.08 bits per heavy atom. The van der Waals surface area contributed by atoms with E-state index in [-0.39, 0.29) is 17.3 Å². The van der Waals surface area contributed by atoms with Crippen LogP contribution in [0.1, 0.15) is 12.2 Å². The highest BCUT2D eigenvalue weighted by atomic mass is 32.2. The van der Waals surface area contributed by atoms with Gasteiger partial charge in [-0.1, -0.05) is 0 Å². The third kappa shape index (κ3) is 4.20. The van der Waals surface area contributed by atoms with Crippen molar-refractivity contribution < 1.29 is 22.0 Å². The van der Waals surface area contributed by atoms with Gasteiger partial charge in [0.2, 0.25) is 15.9 Å². The van der Waals surface area contributed by atoms with E-state index in [1.807, 2.05) is 0 Å². The van der Waals surface area contributed by atoms with Gasteiger partial charge < -0.3 is 9.32 Å². The summed E-state index contributed by atoms with van der Waals surface area (Å²) in [6.45, 7) is 1.27. The van der Waals surface area contributed by atoms with Gasteiger partial charge in [-0.05, 0) is 48.9 Å². The predicted octanol–water partition coefficient (Wildman–Crippen LogP) is 2.36. The highest BCUT2D eigenvalue weighted by molar-refractivity contribution is 7.89. The molecular formula is C18H19FN2O4S. The van der Waals surface area contributed by atoms with Crippen molar-refractivity contribution in [2.75, 3.05) is 26.2 Å². The van der Waals surface area contributed by atoms with Crippen LogP contribution >= 0.6 is 0 Å². The minimum absolute atomic E-state index is 0.0522. The van der Waals surface area contributed by atoms with Gasteiger partial charge in [-0.15, -0.1) is 0 Å². The Balaban J connectivity index is 1.66. The average Bonchev–Trinajstić information content (AvgIpc) is 3.01. The number of carbonyl (C=O) groups excluding carboxylic acids is 1. The normalized spacial score (nSPS) is 16.7. The number of carbonyl (C=O) groups is 1. The number of furan rings is 1. The molecule has 0 bridgehead atoms. The van der Waals surface area contributed by atoms with Crippen molar-refractivity contribution in [1.82, 2.24) is 9.21 Å². The lowest BCUT2D eigenvalue weighted by Crippen LogP contribution is -2.36. The summed E-state index contributed by atoms with van der Waals surface area (Å²) in [5.74, 6) is -0.101. The molecule has 8 heteroatoms. The van der Waals surface area contributed by atoms with Crippen LogP contribution in [0.5, 0.6) is 0 Å². The molecule has 1 fully saturated rings. The summed E-state index contributed by atoms with van der Waals surface area (Å²) in [5, 5.41) is 0. The summed E-state index contributed by atoms with van der Waals surface area (Å²) in [5.41, 5.74) is 0. The van der Waals surface area contributed by atoms with Crippen molar-refractivity contribution in [1.29, 1.82) is 0 Å². The number of benzene rings is 1. The van der Waals surface area contributed by atoms with Crippen LogP contribution in [-0.2, 0) is 14.8 Å². The van der Waals surface area contributed by atoms with Crippen LogP contribution < -0.4 is 0 Å². The van der Waals surface area contributed by atoms with E-state index in [4.69, 9.17) is 4.42 Å². The maximum Gasteiger partial charge on any atom is 0.246 e. The van der Waals surface area contributed by atoms with Gasteiger partial charge in [0, 0.05) is 32.3 Å². The zero-order valence-corrected chi connectivity index (χ0v) is 14.9. The Kier molecular flexibility index (Phi) is 5.53. The molecule has 1 aromatic heterocycles. The highest BCUT2D eigenvalue weighted by Gasteiger charge is 2.27. The molecule has 0 N–H and O–H groups in total. The molecule has 1 amide bonds. The molecule has 0 atom stereocenters. The molecule has 0 spiro atoms. The summed E-state index contributed by atoms with van der Waals surface area (Å²) in [6.07, 6.45) is 5.05. The second-order valence-electron chi connectivity index (χ2n) is 5.89. The minimum Gasteiger partial charge on any atom is -0.465 e. The van der Waals surface area contributed by atoms with Crippen molar-refractivity contribution >= 4 is 22.0 Å². The Morgan fingerprint density at radius 3 is 2.54 bits per heavy atom. The average molecular weight is 378 g/mol. The Hall–Kier alpha value is -2.45. The lowest BCUT2D eigenvalue weighted by atomic mass is 10.3. The van der Waals surface area contributed by atoms with Crippen LogP contribution in [0.25, 0.3) is 6.08 Å². The molecule has 2 heterocycles. The molecule has 1 aliphatic heterocycles. The van der Waals surface area contributed by atoms with Crippen LogP contribution in [0.3, 0.4) is 0 Å². The fourth-order valence-corrected chi connectivity index (χ4v) is 4.22. The Labute approximate surface area is 151 Å². The molecule has 0 aliphatic carbocycles. The summed E-state index contributed by atoms with van der Waals surface area (Å²) >= 11 is 0. The van der Waals surface area contributed by atoms with Crippen LogP contribution in [0.2, 0.25) is 0 Å². The lowest BCUT2D eigenvalue weighted by molar-refractivity contribution is -0.125. The molecule has 138 valence electrons. The van der Waals surface area contributed by atoms with E-state index in [1.54, 1.807) is 23.1 Å². The molecule has 2 aromatic rings.